The van der Waals surface area contributed by atoms with Crippen molar-refractivity contribution < 1.29 is 24.2 Å². The van der Waals surface area contributed by atoms with Gasteiger partial charge in [0.2, 0.25) is 0 Å². The smallest absolute Gasteiger partial charge is 0.254 e. The van der Waals surface area contributed by atoms with Crippen LogP contribution in [0.15, 0.2) is 24.3 Å². The van der Waals surface area contributed by atoms with Crippen molar-refractivity contribution in [2.45, 2.75) is 58.9 Å². The Morgan fingerprint density at radius 3 is 2.14 bits per heavy atom. The number of Topliss-reactive ketones (excluding diaryl/α,β-unsaturated/α-hetero) is 1. The Bertz CT molecular complexity index is 1190. The molecule has 8 nitrogen and oxygen atoms in total. The monoisotopic (exact) mass is 509 g/mol. The fraction of sp³-hybridized carbons (Fsp3) is 0.483. The second-order valence-corrected chi connectivity index (χ2v) is 11.5. The minimum atomic E-state index is -0.355. The third-order valence-corrected chi connectivity index (χ3v) is 6.54. The van der Waals surface area contributed by atoms with E-state index in [9.17, 15) is 14.7 Å². The van der Waals surface area contributed by atoms with Crippen LogP contribution >= 0.6 is 0 Å². The topological polar surface area (TPSA) is 112 Å². The number of hydrogen-bond acceptors (Lipinski definition) is 6. The molecule has 1 aliphatic rings. The van der Waals surface area contributed by atoms with Crippen LogP contribution in [0, 0.1) is 5.41 Å². The number of ether oxygens (including phenoxy) is 2. The number of benzene rings is 2. The van der Waals surface area contributed by atoms with Crippen molar-refractivity contribution in [3.05, 3.63) is 57.6 Å². The number of rotatable bonds is 8. The summed E-state index contributed by atoms with van der Waals surface area (Å²) in [5, 5.41) is 22.3. The first-order valence-electron chi connectivity index (χ1n) is 12.4. The number of methoxy groups -OCH3 is 1. The van der Waals surface area contributed by atoms with Gasteiger partial charge in [-0.1, -0.05) is 41.5 Å². The summed E-state index contributed by atoms with van der Waals surface area (Å²) in [6.45, 7) is 13.0. The molecule has 0 spiro atoms. The Balaban J connectivity index is 1.93. The number of carbonyl (C=O) groups is 2. The maximum atomic E-state index is 13.5. The molecule has 3 N–H and O–H groups in total. The van der Waals surface area contributed by atoms with Crippen molar-refractivity contribution in [2.24, 2.45) is 0 Å². The molecular weight excluding hydrogens is 470 g/mol. The number of carbonyl (C=O) groups excluding carboxylic acids is 2. The number of ketones is 1. The van der Waals surface area contributed by atoms with Gasteiger partial charge >= 0.3 is 0 Å². The van der Waals surface area contributed by atoms with E-state index in [4.69, 9.17) is 14.9 Å². The molecule has 2 aromatic rings. The summed E-state index contributed by atoms with van der Waals surface area (Å²) in [5.74, 6) is 0.366. The molecule has 2 aromatic carbocycles. The molecule has 0 aliphatic carbocycles. The lowest BCUT2D eigenvalue weighted by Gasteiger charge is -2.28. The normalized spacial score (nSPS) is 13.5. The van der Waals surface area contributed by atoms with E-state index in [0.29, 0.717) is 35.6 Å². The maximum absolute atomic E-state index is 13.5. The number of amides is 1. The molecule has 0 bridgehead atoms. The van der Waals surface area contributed by atoms with Gasteiger partial charge in [-0.05, 0) is 40.7 Å². The quantitative estimate of drug-likeness (QED) is 0.359. The molecule has 1 heterocycles. The van der Waals surface area contributed by atoms with Crippen LogP contribution in [-0.4, -0.2) is 61.4 Å². The highest BCUT2D eigenvalue weighted by Crippen LogP contribution is 2.40. The van der Waals surface area contributed by atoms with Gasteiger partial charge in [0, 0.05) is 43.0 Å². The van der Waals surface area contributed by atoms with Crippen LogP contribution in [0.5, 0.6) is 11.5 Å². The van der Waals surface area contributed by atoms with E-state index in [1.807, 2.05) is 41.5 Å². The number of nitrogens with one attached hydrogen (secondary N) is 2. The SMILES string of the molecule is CNC(=O)c1cc2c(cc1OCCOC)CN(CC(=O)c1cc(C(C)(C)C)c(O)c(C(C)(C)C)c1)C2=N. The van der Waals surface area contributed by atoms with Gasteiger partial charge in [-0.15, -0.1) is 0 Å². The molecule has 0 radical (unpaired) electrons. The molecule has 0 aromatic heterocycles. The molecule has 3 rings (SSSR count). The summed E-state index contributed by atoms with van der Waals surface area (Å²) in [4.78, 5) is 27.7. The molecule has 0 atom stereocenters. The minimum Gasteiger partial charge on any atom is -0.507 e. The van der Waals surface area contributed by atoms with Gasteiger partial charge < -0.3 is 24.8 Å². The molecule has 0 saturated carbocycles. The number of amidine groups is 1. The predicted octanol–water partition coefficient (Wildman–Crippen LogP) is 4.40. The van der Waals surface area contributed by atoms with Gasteiger partial charge in [0.05, 0.1) is 18.7 Å². The first-order chi connectivity index (χ1) is 17.2. The first-order valence-corrected chi connectivity index (χ1v) is 12.4. The molecule has 0 unspecified atom stereocenters. The number of hydrogen-bond donors (Lipinski definition) is 3. The molecule has 200 valence electrons. The highest BCUT2D eigenvalue weighted by atomic mass is 16.5. The van der Waals surface area contributed by atoms with Gasteiger partial charge in [-0.25, -0.2) is 0 Å². The Morgan fingerprint density at radius 1 is 1.03 bits per heavy atom. The van der Waals surface area contributed by atoms with E-state index >= 15 is 0 Å². The van der Waals surface area contributed by atoms with Crippen molar-refractivity contribution in [1.82, 2.24) is 10.2 Å². The largest absolute Gasteiger partial charge is 0.507 e. The zero-order valence-electron chi connectivity index (χ0n) is 23.2. The summed E-state index contributed by atoms with van der Waals surface area (Å²) < 4.78 is 10.8. The molecule has 37 heavy (non-hydrogen) atoms. The van der Waals surface area contributed by atoms with Crippen molar-refractivity contribution in [3.63, 3.8) is 0 Å². The van der Waals surface area contributed by atoms with Gasteiger partial charge in [0.1, 0.15) is 23.9 Å². The summed E-state index contributed by atoms with van der Waals surface area (Å²) in [7, 11) is 3.12. The molecule has 0 saturated heterocycles. The average molecular weight is 510 g/mol. The lowest BCUT2D eigenvalue weighted by Crippen LogP contribution is -2.31. The highest BCUT2D eigenvalue weighted by Gasteiger charge is 2.31. The Labute approximate surface area is 219 Å². The van der Waals surface area contributed by atoms with E-state index in [2.05, 4.69) is 5.32 Å². The van der Waals surface area contributed by atoms with Gasteiger partial charge in [0.15, 0.2) is 5.78 Å². The Hall–Kier alpha value is -3.39. The third kappa shape index (κ3) is 5.96. The Morgan fingerprint density at radius 2 is 1.62 bits per heavy atom. The molecular formula is C29H39N3O5. The predicted molar refractivity (Wildman–Crippen MR) is 144 cm³/mol. The zero-order chi connectivity index (χ0) is 27.7. The number of aromatic hydroxyl groups is 1. The second-order valence-electron chi connectivity index (χ2n) is 11.5. The van der Waals surface area contributed by atoms with E-state index in [1.165, 1.54) is 0 Å². The van der Waals surface area contributed by atoms with E-state index < -0.39 is 0 Å². The molecule has 1 aliphatic heterocycles. The van der Waals surface area contributed by atoms with E-state index in [-0.39, 0.29) is 47.3 Å². The van der Waals surface area contributed by atoms with Gasteiger partial charge in [-0.2, -0.15) is 0 Å². The average Bonchev–Trinajstić information content (AvgIpc) is 3.10. The Kier molecular flexibility index (Phi) is 8.03. The summed E-state index contributed by atoms with van der Waals surface area (Å²) in [5.41, 5.74) is 2.98. The number of phenolic OH excluding ortho intramolecular Hbond substituents is 1. The third-order valence-electron chi connectivity index (χ3n) is 6.54. The van der Waals surface area contributed by atoms with Crippen molar-refractivity contribution in [2.75, 3.05) is 33.9 Å². The molecule has 1 amide bonds. The van der Waals surface area contributed by atoms with Gasteiger partial charge in [-0.3, -0.25) is 15.0 Å². The van der Waals surface area contributed by atoms with E-state index in [0.717, 1.165) is 16.7 Å². The fourth-order valence-electron chi connectivity index (χ4n) is 4.43. The lowest BCUT2D eigenvalue weighted by atomic mass is 9.78. The van der Waals surface area contributed by atoms with Crippen LogP contribution in [0.1, 0.15) is 84.5 Å². The number of fused-ring (bicyclic) bond motifs is 1. The lowest BCUT2D eigenvalue weighted by molar-refractivity contribution is 0.0950. The van der Waals surface area contributed by atoms with Gasteiger partial charge in [0.25, 0.3) is 5.91 Å². The highest BCUT2D eigenvalue weighted by molar-refractivity contribution is 6.07. The summed E-state index contributed by atoms with van der Waals surface area (Å²) >= 11 is 0. The summed E-state index contributed by atoms with van der Waals surface area (Å²) in [6.07, 6.45) is 0. The van der Waals surface area contributed by atoms with Crippen LogP contribution in [-0.2, 0) is 22.1 Å². The second kappa shape index (κ2) is 10.5. The molecule has 0 fully saturated rings. The minimum absolute atomic E-state index is 0.000622. The van der Waals surface area contributed by atoms with E-state index in [1.54, 1.807) is 43.3 Å². The maximum Gasteiger partial charge on any atom is 0.254 e. The van der Waals surface area contributed by atoms with Crippen molar-refractivity contribution in [3.8, 4) is 11.5 Å². The van der Waals surface area contributed by atoms with Crippen molar-refractivity contribution in [1.29, 1.82) is 5.41 Å². The first kappa shape index (κ1) is 28.2. The van der Waals surface area contributed by atoms with Crippen LogP contribution in [0.2, 0.25) is 0 Å². The number of nitrogens with zero attached hydrogens (tertiary/aromatic N) is 1. The van der Waals surface area contributed by atoms with Crippen LogP contribution in [0.4, 0.5) is 0 Å². The van der Waals surface area contributed by atoms with Crippen LogP contribution in [0.25, 0.3) is 0 Å². The zero-order valence-corrected chi connectivity index (χ0v) is 23.2. The molecule has 8 heteroatoms. The summed E-state index contributed by atoms with van der Waals surface area (Å²) in [6, 6.07) is 6.96. The van der Waals surface area contributed by atoms with Crippen LogP contribution in [0.3, 0.4) is 0 Å². The van der Waals surface area contributed by atoms with Crippen LogP contribution < -0.4 is 10.1 Å². The standard InChI is InChI=1S/C29H39N3O5/c1-28(2,3)21-11-17(12-22(25(21)34)29(4,5)6)23(33)16-32-15-18-13-24(37-10-9-36-8)20(27(35)31-7)14-19(18)26(32)30/h11-14,30,34H,9-10,15-16H2,1-8H3,(H,31,35). The number of phenols is 1. The fourth-order valence-corrected chi connectivity index (χ4v) is 4.43. The van der Waals surface area contributed by atoms with Crippen molar-refractivity contribution >= 4 is 17.5 Å².